The zero-order valence-corrected chi connectivity index (χ0v) is 16.7. The van der Waals surface area contributed by atoms with Crippen molar-refractivity contribution in [2.45, 2.75) is 51.0 Å². The summed E-state index contributed by atoms with van der Waals surface area (Å²) in [5, 5.41) is 0. The summed E-state index contributed by atoms with van der Waals surface area (Å²) in [4.78, 5) is 27.4. The van der Waals surface area contributed by atoms with E-state index in [1.807, 2.05) is 30.3 Å². The third-order valence-electron chi connectivity index (χ3n) is 5.96. The molecule has 0 radical (unpaired) electrons. The third kappa shape index (κ3) is 4.52. The van der Waals surface area contributed by atoms with Gasteiger partial charge in [0.15, 0.2) is 5.78 Å². The highest BCUT2D eigenvalue weighted by molar-refractivity contribution is 6.00. The first-order chi connectivity index (χ1) is 14.9. The SMILES string of the molecule is O=C(c1c(F)cccc1OC(F)F)C1CC2CCC(C1)N2C(=O)OCc1ccccc1. The Balaban J connectivity index is 1.45. The lowest BCUT2D eigenvalue weighted by molar-refractivity contribution is -0.0504. The van der Waals surface area contributed by atoms with Gasteiger partial charge in [0, 0.05) is 18.0 Å². The summed E-state index contributed by atoms with van der Waals surface area (Å²) in [6, 6.07) is 12.3. The van der Waals surface area contributed by atoms with E-state index in [9.17, 15) is 22.8 Å². The number of carbonyl (C=O) groups is 2. The van der Waals surface area contributed by atoms with Gasteiger partial charge in [-0.3, -0.25) is 4.79 Å². The Hall–Kier alpha value is -3.03. The molecule has 2 aliphatic rings. The number of benzene rings is 2. The van der Waals surface area contributed by atoms with Crippen LogP contribution in [0.25, 0.3) is 0 Å². The van der Waals surface area contributed by atoms with Crippen molar-refractivity contribution in [3.8, 4) is 5.75 Å². The Morgan fingerprint density at radius 2 is 1.68 bits per heavy atom. The predicted octanol–water partition coefficient (Wildman–Crippen LogP) is 5.19. The Morgan fingerprint density at radius 1 is 1.00 bits per heavy atom. The van der Waals surface area contributed by atoms with Crippen LogP contribution in [-0.4, -0.2) is 35.5 Å². The number of ether oxygens (including phenoxy) is 2. The smallest absolute Gasteiger partial charge is 0.410 e. The van der Waals surface area contributed by atoms with Gasteiger partial charge in [0.05, 0.1) is 5.56 Å². The second-order valence-corrected chi connectivity index (χ2v) is 7.86. The third-order valence-corrected chi connectivity index (χ3v) is 5.96. The van der Waals surface area contributed by atoms with Crippen LogP contribution in [0.15, 0.2) is 48.5 Å². The fraction of sp³-hybridized carbons (Fsp3) is 0.391. The molecule has 0 spiro atoms. The number of fused-ring (bicyclic) bond motifs is 2. The molecular weight excluding hydrogens is 411 g/mol. The van der Waals surface area contributed by atoms with Gasteiger partial charge in [0.2, 0.25) is 0 Å². The van der Waals surface area contributed by atoms with Gasteiger partial charge in [-0.2, -0.15) is 8.78 Å². The summed E-state index contributed by atoms with van der Waals surface area (Å²) in [6.07, 6.45) is 1.66. The maximum Gasteiger partial charge on any atom is 0.410 e. The summed E-state index contributed by atoms with van der Waals surface area (Å²) in [6.45, 7) is -3.01. The number of piperidine rings is 1. The van der Waals surface area contributed by atoms with E-state index in [1.165, 1.54) is 6.07 Å². The average molecular weight is 433 g/mol. The number of hydrogen-bond donors (Lipinski definition) is 0. The lowest BCUT2D eigenvalue weighted by Crippen LogP contribution is -2.48. The molecule has 0 aromatic heterocycles. The normalized spacial score (nSPS) is 22.5. The maximum atomic E-state index is 14.4. The number of ketones is 1. The van der Waals surface area contributed by atoms with Crippen molar-refractivity contribution in [1.29, 1.82) is 0 Å². The topological polar surface area (TPSA) is 55.8 Å². The number of Topliss-reactive ketones (excluding diaryl/α,β-unsaturated/α-hetero) is 1. The van der Waals surface area contributed by atoms with Crippen LogP contribution in [-0.2, 0) is 11.3 Å². The van der Waals surface area contributed by atoms with Gasteiger partial charge in [-0.1, -0.05) is 36.4 Å². The summed E-state index contributed by atoms with van der Waals surface area (Å²) in [7, 11) is 0. The molecule has 2 unspecified atom stereocenters. The van der Waals surface area contributed by atoms with Crippen LogP contribution in [0.1, 0.15) is 41.6 Å². The zero-order valence-electron chi connectivity index (χ0n) is 16.7. The summed E-state index contributed by atoms with van der Waals surface area (Å²) in [5.41, 5.74) is 0.423. The van der Waals surface area contributed by atoms with Gasteiger partial charge in [0.25, 0.3) is 0 Å². The van der Waals surface area contributed by atoms with Crippen molar-refractivity contribution in [3.63, 3.8) is 0 Å². The van der Waals surface area contributed by atoms with Crippen LogP contribution in [0.2, 0.25) is 0 Å². The molecular formula is C23H22F3NO4. The highest BCUT2D eigenvalue weighted by atomic mass is 19.3. The molecule has 2 aliphatic heterocycles. The molecule has 5 nitrogen and oxygen atoms in total. The van der Waals surface area contributed by atoms with E-state index < -0.39 is 41.5 Å². The van der Waals surface area contributed by atoms with Gasteiger partial charge < -0.3 is 14.4 Å². The molecule has 2 aromatic carbocycles. The number of halogens is 3. The first kappa shape index (κ1) is 21.2. The number of hydrogen-bond acceptors (Lipinski definition) is 4. The van der Waals surface area contributed by atoms with Crippen molar-refractivity contribution >= 4 is 11.9 Å². The number of amides is 1. The molecule has 2 saturated heterocycles. The zero-order chi connectivity index (χ0) is 22.0. The van der Waals surface area contributed by atoms with Crippen LogP contribution in [0.3, 0.4) is 0 Å². The first-order valence-corrected chi connectivity index (χ1v) is 10.2. The minimum absolute atomic E-state index is 0.154. The van der Waals surface area contributed by atoms with E-state index in [-0.39, 0.29) is 18.7 Å². The largest absolute Gasteiger partial charge is 0.445 e. The maximum absolute atomic E-state index is 14.4. The molecule has 1 amide bonds. The second kappa shape index (κ2) is 8.99. The molecule has 2 heterocycles. The van der Waals surface area contributed by atoms with Crippen molar-refractivity contribution in [3.05, 3.63) is 65.5 Å². The Morgan fingerprint density at radius 3 is 2.32 bits per heavy atom. The highest BCUT2D eigenvalue weighted by Crippen LogP contribution is 2.41. The van der Waals surface area contributed by atoms with E-state index >= 15 is 0 Å². The lowest BCUT2D eigenvalue weighted by atomic mass is 9.84. The van der Waals surface area contributed by atoms with Crippen LogP contribution in [0.4, 0.5) is 18.0 Å². The molecule has 2 atom stereocenters. The van der Waals surface area contributed by atoms with Gasteiger partial charge >= 0.3 is 12.7 Å². The molecule has 2 fully saturated rings. The van der Waals surface area contributed by atoms with Crippen molar-refractivity contribution in [2.24, 2.45) is 5.92 Å². The fourth-order valence-electron chi connectivity index (χ4n) is 4.62. The molecule has 2 aromatic rings. The summed E-state index contributed by atoms with van der Waals surface area (Å²) in [5.74, 6) is -2.49. The molecule has 2 bridgehead atoms. The van der Waals surface area contributed by atoms with Gasteiger partial charge in [0.1, 0.15) is 18.2 Å². The molecule has 0 N–H and O–H groups in total. The van der Waals surface area contributed by atoms with Crippen molar-refractivity contribution in [1.82, 2.24) is 4.90 Å². The summed E-state index contributed by atoms with van der Waals surface area (Å²) >= 11 is 0. The minimum atomic E-state index is -3.16. The Bertz CT molecular complexity index is 939. The monoisotopic (exact) mass is 433 g/mol. The minimum Gasteiger partial charge on any atom is -0.445 e. The Kier molecular flexibility index (Phi) is 6.15. The van der Waals surface area contributed by atoms with E-state index in [0.717, 1.165) is 17.7 Å². The van der Waals surface area contributed by atoms with Crippen LogP contribution in [0.5, 0.6) is 5.75 Å². The first-order valence-electron chi connectivity index (χ1n) is 10.2. The number of alkyl halides is 2. The van der Waals surface area contributed by atoms with E-state index in [1.54, 1.807) is 4.90 Å². The average Bonchev–Trinajstić information content (AvgIpc) is 3.01. The van der Waals surface area contributed by atoms with Gasteiger partial charge in [-0.25, -0.2) is 9.18 Å². The van der Waals surface area contributed by atoms with E-state index in [2.05, 4.69) is 4.74 Å². The highest BCUT2D eigenvalue weighted by Gasteiger charge is 2.46. The summed E-state index contributed by atoms with van der Waals surface area (Å²) < 4.78 is 49.6. The molecule has 0 aliphatic carbocycles. The van der Waals surface area contributed by atoms with Gasteiger partial charge in [-0.15, -0.1) is 0 Å². The predicted molar refractivity (Wildman–Crippen MR) is 105 cm³/mol. The Labute approximate surface area is 177 Å². The number of carbonyl (C=O) groups excluding carboxylic acids is 2. The second-order valence-electron chi connectivity index (χ2n) is 7.86. The van der Waals surface area contributed by atoms with Crippen molar-refractivity contribution < 1.29 is 32.2 Å². The van der Waals surface area contributed by atoms with Crippen LogP contribution >= 0.6 is 0 Å². The van der Waals surface area contributed by atoms with Crippen molar-refractivity contribution in [2.75, 3.05) is 0 Å². The fourth-order valence-corrected chi connectivity index (χ4v) is 4.62. The van der Waals surface area contributed by atoms with Crippen LogP contribution < -0.4 is 4.74 Å². The number of rotatable bonds is 6. The molecule has 4 rings (SSSR count). The molecule has 8 heteroatoms. The molecule has 164 valence electrons. The van der Waals surface area contributed by atoms with E-state index in [4.69, 9.17) is 4.74 Å². The van der Waals surface area contributed by atoms with Crippen LogP contribution in [0, 0.1) is 11.7 Å². The standard InChI is InChI=1S/C23H22F3NO4/c24-18-7-4-8-19(31-22(25)26)20(18)21(28)15-11-16-9-10-17(12-15)27(16)23(29)30-13-14-5-2-1-3-6-14/h1-8,15-17,22H,9-13H2. The number of nitrogens with zero attached hydrogens (tertiary/aromatic N) is 1. The van der Waals surface area contributed by atoms with E-state index in [0.29, 0.717) is 25.7 Å². The van der Waals surface area contributed by atoms with Gasteiger partial charge in [-0.05, 0) is 43.4 Å². The molecule has 31 heavy (non-hydrogen) atoms. The quantitative estimate of drug-likeness (QED) is 0.589. The lowest BCUT2D eigenvalue weighted by Gasteiger charge is -2.37. The molecule has 0 saturated carbocycles.